The van der Waals surface area contributed by atoms with Crippen LogP contribution in [0.3, 0.4) is 0 Å². The first-order valence-corrected chi connectivity index (χ1v) is 19.3. The first-order valence-electron chi connectivity index (χ1n) is 19.3. The van der Waals surface area contributed by atoms with Crippen molar-refractivity contribution in [3.63, 3.8) is 0 Å². The van der Waals surface area contributed by atoms with Gasteiger partial charge in [0.1, 0.15) is 0 Å². The molecule has 0 saturated carbocycles. The topological polar surface area (TPSA) is 0 Å². The number of allylic oxidation sites excluding steroid dienone is 4. The maximum absolute atomic E-state index is 2.46. The van der Waals surface area contributed by atoms with Crippen LogP contribution in [0.25, 0.3) is 0 Å². The van der Waals surface area contributed by atoms with E-state index >= 15 is 0 Å². The summed E-state index contributed by atoms with van der Waals surface area (Å²) in [5.41, 5.74) is 0. The van der Waals surface area contributed by atoms with Gasteiger partial charge in [-0.1, -0.05) is 134 Å². The second-order valence-electron chi connectivity index (χ2n) is 15.0. The molecule has 0 aromatic rings. The van der Waals surface area contributed by atoms with Crippen LogP contribution >= 0.6 is 0 Å². The Morgan fingerprint density at radius 3 is 0.833 bits per heavy atom. The van der Waals surface area contributed by atoms with Crippen molar-refractivity contribution in [3.8, 4) is 0 Å². The maximum Gasteiger partial charge on any atom is 0.206 e. The number of hydrogen-bond donors (Lipinski definition) is 0. The highest BCUT2D eigenvalue weighted by atomic mass is 15.5. The fourth-order valence-electron chi connectivity index (χ4n) is 6.58. The standard InChI is InChI=1S/C40H82N2/c1-7-9-11-13-15-17-19-21-23-25-27-29-31-33-35-37-39-42(5,6)40-41(3,4)38-36-34-32-30-28-26-24-22-20-18-16-14-12-10-8-2/h21-24H,7-20,25-40H2,1-6H3/q+2/b23-21+,24-22+. The van der Waals surface area contributed by atoms with E-state index in [1.807, 2.05) is 0 Å². The van der Waals surface area contributed by atoms with E-state index in [9.17, 15) is 0 Å². The van der Waals surface area contributed by atoms with Crippen LogP contribution < -0.4 is 0 Å². The van der Waals surface area contributed by atoms with Crippen LogP contribution in [-0.4, -0.2) is 56.9 Å². The lowest BCUT2D eigenvalue weighted by molar-refractivity contribution is -1.07. The summed E-state index contributed by atoms with van der Waals surface area (Å²) in [6.07, 6.45) is 47.3. The van der Waals surface area contributed by atoms with Gasteiger partial charge in [-0.3, -0.25) is 8.97 Å². The van der Waals surface area contributed by atoms with E-state index in [0.717, 1.165) is 0 Å². The van der Waals surface area contributed by atoms with Crippen LogP contribution in [-0.2, 0) is 0 Å². The lowest BCUT2D eigenvalue weighted by Crippen LogP contribution is -2.56. The first kappa shape index (κ1) is 41.4. The quantitative estimate of drug-likeness (QED) is 0.0308. The van der Waals surface area contributed by atoms with Crippen molar-refractivity contribution in [1.82, 2.24) is 0 Å². The number of quaternary nitrogens is 2. The number of nitrogens with zero attached hydrogens (tertiary/aromatic N) is 2. The Kier molecular flexibility index (Phi) is 30.0. The maximum atomic E-state index is 2.46. The molecule has 0 N–H and O–H groups in total. The summed E-state index contributed by atoms with van der Waals surface area (Å²) in [6, 6.07) is 0. The summed E-state index contributed by atoms with van der Waals surface area (Å²) in [6.45, 7) is 8.51. The molecular weight excluding hydrogens is 508 g/mol. The molecule has 0 amide bonds. The molecular formula is C40H82N2+2. The fourth-order valence-corrected chi connectivity index (χ4v) is 6.58. The number of hydrogen-bond acceptors (Lipinski definition) is 0. The van der Waals surface area contributed by atoms with Crippen LogP contribution in [0.1, 0.15) is 187 Å². The highest BCUT2D eigenvalue weighted by Crippen LogP contribution is 2.15. The smallest absolute Gasteiger partial charge is 0.206 e. The van der Waals surface area contributed by atoms with E-state index in [-0.39, 0.29) is 0 Å². The van der Waals surface area contributed by atoms with E-state index in [1.54, 1.807) is 0 Å². The summed E-state index contributed by atoms with van der Waals surface area (Å²) >= 11 is 0. The van der Waals surface area contributed by atoms with Crippen molar-refractivity contribution in [2.24, 2.45) is 0 Å². The summed E-state index contributed by atoms with van der Waals surface area (Å²) in [4.78, 5) is 0. The lowest BCUT2D eigenvalue weighted by atomic mass is 10.1. The van der Waals surface area contributed by atoms with Crippen molar-refractivity contribution in [3.05, 3.63) is 24.3 Å². The molecule has 0 aliphatic heterocycles. The van der Waals surface area contributed by atoms with Gasteiger partial charge in [0.05, 0.1) is 41.3 Å². The van der Waals surface area contributed by atoms with Crippen molar-refractivity contribution in [2.45, 2.75) is 187 Å². The molecule has 2 heteroatoms. The molecule has 0 aliphatic rings. The third kappa shape index (κ3) is 32.3. The van der Waals surface area contributed by atoms with E-state index < -0.39 is 0 Å². The normalized spacial score (nSPS) is 12.8. The molecule has 0 heterocycles. The van der Waals surface area contributed by atoms with Crippen LogP contribution in [0.5, 0.6) is 0 Å². The Bertz CT molecular complexity index is 588. The highest BCUT2D eigenvalue weighted by molar-refractivity contribution is 4.82. The molecule has 2 nitrogen and oxygen atoms in total. The average Bonchev–Trinajstić information content (AvgIpc) is 2.94. The molecule has 0 aliphatic carbocycles. The van der Waals surface area contributed by atoms with Crippen LogP contribution in [0.4, 0.5) is 0 Å². The zero-order valence-electron chi connectivity index (χ0n) is 30.4. The first-order chi connectivity index (χ1) is 20.3. The van der Waals surface area contributed by atoms with Gasteiger partial charge in [-0.25, -0.2) is 0 Å². The van der Waals surface area contributed by atoms with E-state index in [4.69, 9.17) is 0 Å². The lowest BCUT2D eigenvalue weighted by Gasteiger charge is -2.39. The minimum Gasteiger partial charge on any atom is -0.282 e. The predicted molar refractivity (Wildman–Crippen MR) is 193 cm³/mol. The molecule has 0 aromatic heterocycles. The second-order valence-corrected chi connectivity index (χ2v) is 15.0. The molecule has 42 heavy (non-hydrogen) atoms. The summed E-state index contributed by atoms with van der Waals surface area (Å²) < 4.78 is 2.34. The van der Waals surface area contributed by atoms with Gasteiger partial charge in [0.15, 0.2) is 0 Å². The van der Waals surface area contributed by atoms with Crippen molar-refractivity contribution in [2.75, 3.05) is 47.9 Å². The van der Waals surface area contributed by atoms with Crippen molar-refractivity contribution in [1.29, 1.82) is 0 Å². The second kappa shape index (κ2) is 30.4. The largest absolute Gasteiger partial charge is 0.282 e. The van der Waals surface area contributed by atoms with Gasteiger partial charge in [0, 0.05) is 0 Å². The minimum atomic E-state index is 1.17. The fraction of sp³-hybridized carbons (Fsp3) is 0.900. The third-order valence-corrected chi connectivity index (χ3v) is 9.07. The number of unbranched alkanes of at least 4 members (excludes halogenated alkanes) is 23. The summed E-state index contributed by atoms with van der Waals surface area (Å²) in [5.74, 6) is 0. The zero-order valence-corrected chi connectivity index (χ0v) is 30.4. The molecule has 0 unspecified atom stereocenters. The number of rotatable bonds is 33. The Hall–Kier alpha value is -0.600. The molecule has 0 spiro atoms. The van der Waals surface area contributed by atoms with Crippen LogP contribution in [0, 0.1) is 0 Å². The molecule has 0 bridgehead atoms. The van der Waals surface area contributed by atoms with Gasteiger partial charge in [-0.15, -0.1) is 0 Å². The molecule has 0 saturated heterocycles. The molecule has 0 atom stereocenters. The van der Waals surface area contributed by atoms with Gasteiger partial charge in [0.25, 0.3) is 0 Å². The average molecular weight is 591 g/mol. The highest BCUT2D eigenvalue weighted by Gasteiger charge is 2.26. The molecule has 0 fully saturated rings. The van der Waals surface area contributed by atoms with Gasteiger partial charge >= 0.3 is 0 Å². The van der Waals surface area contributed by atoms with Crippen LogP contribution in [0.2, 0.25) is 0 Å². The monoisotopic (exact) mass is 591 g/mol. The summed E-state index contributed by atoms with van der Waals surface area (Å²) in [7, 11) is 9.82. The Morgan fingerprint density at radius 1 is 0.310 bits per heavy atom. The van der Waals surface area contributed by atoms with Crippen molar-refractivity contribution >= 4 is 0 Å². The summed E-state index contributed by atoms with van der Waals surface area (Å²) in [5, 5.41) is 0. The van der Waals surface area contributed by atoms with Gasteiger partial charge < -0.3 is 0 Å². The Balaban J connectivity index is 3.62. The third-order valence-electron chi connectivity index (χ3n) is 9.07. The Labute approximate surface area is 268 Å². The van der Waals surface area contributed by atoms with Crippen LogP contribution in [0.15, 0.2) is 24.3 Å². The molecule has 250 valence electrons. The van der Waals surface area contributed by atoms with Crippen molar-refractivity contribution < 1.29 is 8.97 Å². The predicted octanol–water partition coefficient (Wildman–Crippen LogP) is 12.8. The molecule has 0 rings (SSSR count). The minimum absolute atomic E-state index is 1.17. The van der Waals surface area contributed by atoms with E-state index in [1.165, 1.54) is 202 Å². The van der Waals surface area contributed by atoms with Gasteiger partial charge in [-0.05, 0) is 77.0 Å². The molecule has 0 radical (unpaired) electrons. The van der Waals surface area contributed by atoms with Gasteiger partial charge in [0.2, 0.25) is 6.67 Å². The Morgan fingerprint density at radius 2 is 0.548 bits per heavy atom. The van der Waals surface area contributed by atoms with E-state index in [0.29, 0.717) is 0 Å². The van der Waals surface area contributed by atoms with E-state index in [2.05, 4.69) is 66.3 Å². The zero-order chi connectivity index (χ0) is 31.0. The molecule has 0 aromatic carbocycles. The SMILES string of the molecule is CCCCCCCC/C=C/CCCCCCCC[N+](C)(C)C[N+](C)(C)CCCCCCC/C=C/CCCCCCCC. The van der Waals surface area contributed by atoms with Gasteiger partial charge in [-0.2, -0.15) is 0 Å².